The molecule has 0 unspecified atom stereocenters. The molecule has 1 aliphatic rings. The van der Waals surface area contributed by atoms with Crippen LogP contribution in [0.5, 0.6) is 0 Å². The number of nitrogens with one attached hydrogen (secondary N) is 1. The van der Waals surface area contributed by atoms with Crippen molar-refractivity contribution in [2.24, 2.45) is 5.92 Å². The number of amides is 3. The van der Waals surface area contributed by atoms with Crippen LogP contribution in [-0.4, -0.2) is 36.5 Å². The zero-order valence-electron chi connectivity index (χ0n) is 13.6. The van der Waals surface area contributed by atoms with E-state index in [0.29, 0.717) is 25.6 Å². The molecule has 0 bridgehead atoms. The molecule has 1 aliphatic heterocycles. The third-order valence-electron chi connectivity index (χ3n) is 4.20. The molecule has 120 valence electrons. The molecule has 1 aromatic carbocycles. The van der Waals surface area contributed by atoms with Crippen molar-refractivity contribution >= 4 is 11.9 Å². The van der Waals surface area contributed by atoms with E-state index in [4.69, 9.17) is 0 Å². The Kier molecular flexibility index (Phi) is 5.55. The van der Waals surface area contributed by atoms with Crippen LogP contribution in [0.25, 0.3) is 0 Å². The van der Waals surface area contributed by atoms with Gasteiger partial charge in [-0.25, -0.2) is 4.79 Å². The Morgan fingerprint density at radius 3 is 2.50 bits per heavy atom. The van der Waals surface area contributed by atoms with Gasteiger partial charge in [0.25, 0.3) is 5.91 Å². The number of nitrogens with two attached hydrogens (primary N) is 1. The fourth-order valence-electron chi connectivity index (χ4n) is 2.82. The minimum absolute atomic E-state index is 0.120. The van der Waals surface area contributed by atoms with Crippen molar-refractivity contribution in [3.63, 3.8) is 0 Å². The second-order valence-electron chi connectivity index (χ2n) is 6.08. The topological polar surface area (TPSA) is 66.0 Å². The van der Waals surface area contributed by atoms with E-state index in [9.17, 15) is 9.59 Å². The van der Waals surface area contributed by atoms with Crippen LogP contribution in [0.3, 0.4) is 0 Å². The number of hydrogen-bond donors (Lipinski definition) is 2. The van der Waals surface area contributed by atoms with Crippen molar-refractivity contribution in [1.82, 2.24) is 10.2 Å². The summed E-state index contributed by atoms with van der Waals surface area (Å²) in [4.78, 5) is 25.0. The first-order valence-corrected chi connectivity index (χ1v) is 8.03. The molecule has 1 aromatic rings. The smallest absolute Gasteiger partial charge is 0.324 e. The lowest BCUT2D eigenvalue weighted by Crippen LogP contribution is -2.88. The molecule has 3 amide bonds. The molecule has 3 N–H and O–H groups in total. The van der Waals surface area contributed by atoms with Crippen LogP contribution in [0.2, 0.25) is 0 Å². The maximum absolute atomic E-state index is 12.1. The minimum Gasteiger partial charge on any atom is -0.336 e. The van der Waals surface area contributed by atoms with Crippen LogP contribution >= 0.6 is 0 Å². The highest BCUT2D eigenvalue weighted by molar-refractivity contribution is 5.96. The third kappa shape index (κ3) is 3.85. The molecule has 0 saturated carbocycles. The minimum atomic E-state index is -0.271. The summed E-state index contributed by atoms with van der Waals surface area (Å²) in [6.07, 6.45) is 1.03. The molecule has 2 rings (SSSR count). The Labute approximate surface area is 132 Å². The van der Waals surface area contributed by atoms with Crippen molar-refractivity contribution in [3.8, 4) is 0 Å². The highest BCUT2D eigenvalue weighted by atomic mass is 16.2. The number of carbonyl (C=O) groups is 2. The van der Waals surface area contributed by atoms with Crippen LogP contribution in [-0.2, 0) is 11.2 Å². The lowest BCUT2D eigenvalue weighted by molar-refractivity contribution is -0.692. The van der Waals surface area contributed by atoms with Gasteiger partial charge < -0.3 is 10.6 Å². The molecule has 0 spiro atoms. The van der Waals surface area contributed by atoms with Gasteiger partial charge in [-0.1, -0.05) is 45.0 Å². The summed E-state index contributed by atoms with van der Waals surface area (Å²) in [5, 5.41) is 4.70. The Hall–Kier alpha value is -1.88. The first kappa shape index (κ1) is 16.5. The second-order valence-corrected chi connectivity index (χ2v) is 6.08. The molecule has 0 aliphatic carbocycles. The maximum Gasteiger partial charge on any atom is 0.324 e. The fourth-order valence-corrected chi connectivity index (χ4v) is 2.82. The summed E-state index contributed by atoms with van der Waals surface area (Å²) in [6.45, 7) is 7.77. The molecule has 5 heteroatoms. The first-order chi connectivity index (χ1) is 10.5. The number of rotatable bonds is 6. The summed E-state index contributed by atoms with van der Waals surface area (Å²) < 4.78 is 0. The summed E-state index contributed by atoms with van der Waals surface area (Å²) in [5.41, 5.74) is 2.54. The number of imide groups is 1. The van der Waals surface area contributed by atoms with Crippen molar-refractivity contribution in [1.29, 1.82) is 0 Å². The monoisotopic (exact) mass is 304 g/mol. The van der Waals surface area contributed by atoms with Crippen LogP contribution in [0.15, 0.2) is 24.3 Å². The fraction of sp³-hybridized carbons (Fsp3) is 0.529. The van der Waals surface area contributed by atoms with Crippen LogP contribution < -0.4 is 10.6 Å². The van der Waals surface area contributed by atoms with E-state index >= 15 is 0 Å². The molecule has 1 heterocycles. The van der Waals surface area contributed by atoms with E-state index in [1.54, 1.807) is 0 Å². The molecular formula is C17H26N3O2+. The van der Waals surface area contributed by atoms with E-state index in [0.717, 1.165) is 6.42 Å². The Bertz CT molecular complexity index is 525. The number of nitrogens with zero attached hydrogens (tertiary/aromatic N) is 1. The van der Waals surface area contributed by atoms with E-state index in [-0.39, 0.29) is 18.0 Å². The molecule has 1 atom stereocenters. The first-order valence-electron chi connectivity index (χ1n) is 8.03. The van der Waals surface area contributed by atoms with Gasteiger partial charge in [0.1, 0.15) is 6.04 Å². The van der Waals surface area contributed by atoms with Crippen LogP contribution in [0, 0.1) is 5.92 Å². The predicted molar refractivity (Wildman–Crippen MR) is 85.3 cm³/mol. The zero-order chi connectivity index (χ0) is 16.1. The van der Waals surface area contributed by atoms with Crippen molar-refractivity contribution in [2.75, 3.05) is 19.6 Å². The molecular weight excluding hydrogens is 278 g/mol. The number of hydrogen-bond acceptors (Lipinski definition) is 2. The average Bonchev–Trinajstić information content (AvgIpc) is 2.94. The highest BCUT2D eigenvalue weighted by Crippen LogP contribution is 2.18. The number of quaternary nitrogens is 1. The third-order valence-corrected chi connectivity index (χ3v) is 4.20. The Morgan fingerprint density at radius 2 is 2.00 bits per heavy atom. The Morgan fingerprint density at radius 1 is 1.32 bits per heavy atom. The molecule has 5 nitrogen and oxygen atoms in total. The summed E-state index contributed by atoms with van der Waals surface area (Å²) in [6, 6.07) is 8.54. The van der Waals surface area contributed by atoms with Crippen molar-refractivity contribution in [2.45, 2.75) is 33.2 Å². The molecule has 1 fully saturated rings. The van der Waals surface area contributed by atoms with E-state index < -0.39 is 0 Å². The lowest BCUT2D eigenvalue weighted by Gasteiger charge is -2.21. The number of aryl methyl sites for hydroxylation is 1. The molecule has 1 saturated heterocycles. The van der Waals surface area contributed by atoms with Gasteiger partial charge in [0.05, 0.1) is 0 Å². The van der Waals surface area contributed by atoms with E-state index in [1.807, 2.05) is 5.32 Å². The molecule has 22 heavy (non-hydrogen) atoms. The van der Waals surface area contributed by atoms with Crippen molar-refractivity contribution < 1.29 is 14.9 Å². The van der Waals surface area contributed by atoms with Crippen LogP contribution in [0.4, 0.5) is 4.79 Å². The quantitative estimate of drug-likeness (QED) is 0.825. The van der Waals surface area contributed by atoms with E-state index in [1.165, 1.54) is 16.0 Å². The van der Waals surface area contributed by atoms with Gasteiger partial charge in [-0.2, -0.15) is 0 Å². The summed E-state index contributed by atoms with van der Waals surface area (Å²) >= 11 is 0. The second kappa shape index (κ2) is 7.40. The zero-order valence-corrected chi connectivity index (χ0v) is 13.6. The average molecular weight is 304 g/mol. The van der Waals surface area contributed by atoms with Gasteiger partial charge >= 0.3 is 6.03 Å². The predicted octanol–water partition coefficient (Wildman–Crippen LogP) is 1.06. The number of carbonyl (C=O) groups excluding carboxylic acids is 2. The maximum atomic E-state index is 12.1. The normalized spacial score (nSPS) is 16.0. The summed E-state index contributed by atoms with van der Waals surface area (Å²) in [7, 11) is 0. The lowest BCUT2D eigenvalue weighted by atomic mass is 9.95. The van der Waals surface area contributed by atoms with Crippen LogP contribution in [0.1, 0.15) is 37.9 Å². The van der Waals surface area contributed by atoms with Gasteiger partial charge in [-0.05, 0) is 12.0 Å². The van der Waals surface area contributed by atoms with E-state index in [2.05, 4.69) is 50.4 Å². The highest BCUT2D eigenvalue weighted by Gasteiger charge is 2.28. The number of benzene rings is 1. The largest absolute Gasteiger partial charge is 0.336 e. The summed E-state index contributed by atoms with van der Waals surface area (Å²) in [5.74, 6) is 0.290. The number of urea groups is 1. The Balaban J connectivity index is 1.99. The van der Waals surface area contributed by atoms with Crippen molar-refractivity contribution in [3.05, 3.63) is 35.4 Å². The van der Waals surface area contributed by atoms with Gasteiger partial charge in [0.2, 0.25) is 0 Å². The van der Waals surface area contributed by atoms with Gasteiger partial charge in [0.15, 0.2) is 6.54 Å². The molecule has 0 aromatic heterocycles. The molecule has 0 radical (unpaired) electrons. The standard InChI is InChI=1S/C17H25N3O2/c1-4-13-5-7-14(8-6-13)16(12(2)3)19-11-15(21)20-10-9-18-17(20)22/h5-8,12,16,19H,4,9-11H2,1-3H3,(H,18,22)/p+1/t16-/m0/s1. The SMILES string of the molecule is CCc1ccc([C@@H]([NH2+]CC(=O)N2CCNC2=O)C(C)C)cc1. The van der Waals surface area contributed by atoms with Gasteiger partial charge in [-0.15, -0.1) is 0 Å². The van der Waals surface area contributed by atoms with Gasteiger partial charge in [-0.3, -0.25) is 9.69 Å². The van der Waals surface area contributed by atoms with Gasteiger partial charge in [0, 0.05) is 24.6 Å².